The summed E-state index contributed by atoms with van der Waals surface area (Å²) in [5.41, 5.74) is 7.21. The number of hydrogen-bond donors (Lipinski definition) is 2. The lowest BCUT2D eigenvalue weighted by Gasteiger charge is -2.34. The van der Waals surface area contributed by atoms with E-state index in [1.807, 2.05) is 30.3 Å². The Morgan fingerprint density at radius 2 is 2.03 bits per heavy atom. The van der Waals surface area contributed by atoms with Crippen molar-refractivity contribution in [2.45, 2.75) is 19.3 Å². The van der Waals surface area contributed by atoms with Gasteiger partial charge in [-0.05, 0) is 44.2 Å². The Bertz CT molecular complexity index is 1320. The summed E-state index contributed by atoms with van der Waals surface area (Å²) < 4.78 is 12.8. The maximum atomic E-state index is 13.7. The summed E-state index contributed by atoms with van der Waals surface area (Å²) >= 11 is 6.31. The summed E-state index contributed by atoms with van der Waals surface area (Å²) in [6.07, 6.45) is 0. The van der Waals surface area contributed by atoms with Crippen molar-refractivity contribution in [1.29, 1.82) is 0 Å². The van der Waals surface area contributed by atoms with Crippen molar-refractivity contribution in [2.24, 2.45) is 5.73 Å². The Morgan fingerprint density at radius 3 is 2.75 bits per heavy atom. The van der Waals surface area contributed by atoms with Crippen molar-refractivity contribution in [3.63, 3.8) is 0 Å². The summed E-state index contributed by atoms with van der Waals surface area (Å²) in [5.74, 6) is -1.18. The van der Waals surface area contributed by atoms with Gasteiger partial charge in [0, 0.05) is 16.3 Å². The summed E-state index contributed by atoms with van der Waals surface area (Å²) in [6, 6.07) is 14.3. The Kier molecular flexibility index (Phi) is 4.49. The standard InChI is InChI=1S/C23H19ClN4O4/c1-3-31-21(29)18-19(25)32-20-17(12(2)27-28(20)14-7-5-4-6-8-14)23(18)15-11-13(24)9-10-16(15)26-22(23)30/h4-11H,3,25H2,1-2H3,(H,26,30)/t23-/m0/s1. The summed E-state index contributed by atoms with van der Waals surface area (Å²) in [6.45, 7) is 3.53. The number of halogens is 1. The second kappa shape index (κ2) is 7.13. The highest BCUT2D eigenvalue weighted by atomic mass is 35.5. The molecule has 0 fully saturated rings. The first kappa shape index (κ1) is 20.1. The second-order valence-electron chi connectivity index (χ2n) is 7.47. The number of carbonyl (C=O) groups excluding carboxylic acids is 2. The molecule has 0 aliphatic carbocycles. The molecule has 3 aromatic rings. The SMILES string of the molecule is CCOC(=O)C1=C(N)Oc2c(c(C)nn2-c2ccccc2)[C@]12C(=O)Nc1ccc(Cl)cc12. The molecular weight excluding hydrogens is 432 g/mol. The molecular formula is C23H19ClN4O4. The van der Waals surface area contributed by atoms with E-state index < -0.39 is 17.3 Å². The van der Waals surface area contributed by atoms with E-state index in [0.717, 1.165) is 0 Å². The number of aromatic nitrogens is 2. The van der Waals surface area contributed by atoms with Gasteiger partial charge in [0.25, 0.3) is 0 Å². The molecule has 1 atom stereocenters. The molecule has 162 valence electrons. The summed E-state index contributed by atoms with van der Waals surface area (Å²) in [7, 11) is 0. The van der Waals surface area contributed by atoms with Crippen LogP contribution in [0.4, 0.5) is 5.69 Å². The van der Waals surface area contributed by atoms with Crippen molar-refractivity contribution in [1.82, 2.24) is 9.78 Å². The molecule has 3 N–H and O–H groups in total. The molecule has 2 aromatic carbocycles. The molecule has 0 saturated heterocycles. The molecule has 2 aliphatic heterocycles. The topological polar surface area (TPSA) is 108 Å². The van der Waals surface area contributed by atoms with E-state index in [1.54, 1.807) is 36.7 Å². The number of fused-ring (bicyclic) bond motifs is 4. The van der Waals surface area contributed by atoms with Gasteiger partial charge >= 0.3 is 5.97 Å². The third kappa shape index (κ3) is 2.59. The fraction of sp³-hybridized carbons (Fsp3) is 0.174. The van der Waals surface area contributed by atoms with E-state index in [4.69, 9.17) is 26.8 Å². The van der Waals surface area contributed by atoms with Gasteiger partial charge in [0.1, 0.15) is 11.0 Å². The highest BCUT2D eigenvalue weighted by Gasteiger charge is 2.60. The Hall–Kier alpha value is -3.78. The van der Waals surface area contributed by atoms with Gasteiger partial charge in [0.2, 0.25) is 17.7 Å². The monoisotopic (exact) mass is 450 g/mol. The molecule has 0 radical (unpaired) electrons. The van der Waals surface area contributed by atoms with Crippen LogP contribution < -0.4 is 15.8 Å². The average molecular weight is 451 g/mol. The Morgan fingerprint density at radius 1 is 1.28 bits per heavy atom. The van der Waals surface area contributed by atoms with Crippen LogP contribution in [-0.4, -0.2) is 28.3 Å². The van der Waals surface area contributed by atoms with Gasteiger partial charge in [-0.15, -0.1) is 0 Å². The second-order valence-corrected chi connectivity index (χ2v) is 7.91. The number of nitrogens with zero attached hydrogens (tertiary/aromatic N) is 2. The highest BCUT2D eigenvalue weighted by Crippen LogP contribution is 2.55. The van der Waals surface area contributed by atoms with Crippen LogP contribution in [0.3, 0.4) is 0 Å². The molecule has 5 rings (SSSR count). The van der Waals surface area contributed by atoms with Crippen LogP contribution in [0.2, 0.25) is 5.02 Å². The van der Waals surface area contributed by atoms with Crippen LogP contribution in [-0.2, 0) is 19.7 Å². The lowest BCUT2D eigenvalue weighted by molar-refractivity contribution is -0.140. The minimum absolute atomic E-state index is 0.0962. The predicted octanol–water partition coefficient (Wildman–Crippen LogP) is 3.20. The van der Waals surface area contributed by atoms with Crippen molar-refractivity contribution in [3.05, 3.63) is 81.8 Å². The first-order valence-corrected chi connectivity index (χ1v) is 10.4. The number of nitrogens with two attached hydrogens (primary N) is 1. The third-order valence-electron chi connectivity index (χ3n) is 5.68. The first-order valence-electron chi connectivity index (χ1n) is 10.0. The minimum atomic E-state index is -1.62. The van der Waals surface area contributed by atoms with Gasteiger partial charge < -0.3 is 20.5 Å². The predicted molar refractivity (Wildman–Crippen MR) is 118 cm³/mol. The number of carbonyl (C=O) groups is 2. The number of esters is 1. The van der Waals surface area contributed by atoms with Gasteiger partial charge in [-0.2, -0.15) is 5.10 Å². The van der Waals surface area contributed by atoms with Crippen molar-refractivity contribution < 1.29 is 19.1 Å². The number of rotatable bonds is 3. The summed E-state index contributed by atoms with van der Waals surface area (Å²) in [4.78, 5) is 26.8. The Labute approximate surface area is 188 Å². The van der Waals surface area contributed by atoms with E-state index in [2.05, 4.69) is 10.4 Å². The van der Waals surface area contributed by atoms with Gasteiger partial charge in [0.05, 0.1) is 23.6 Å². The van der Waals surface area contributed by atoms with E-state index in [0.29, 0.717) is 33.2 Å². The van der Waals surface area contributed by atoms with Crippen LogP contribution in [0, 0.1) is 6.92 Å². The van der Waals surface area contributed by atoms with Gasteiger partial charge in [-0.25, -0.2) is 9.48 Å². The Balaban J connectivity index is 1.89. The van der Waals surface area contributed by atoms with Gasteiger partial charge in [-0.3, -0.25) is 4.79 Å². The summed E-state index contributed by atoms with van der Waals surface area (Å²) in [5, 5.41) is 7.90. The van der Waals surface area contributed by atoms with E-state index in [9.17, 15) is 9.59 Å². The molecule has 0 bridgehead atoms. The number of aryl methyl sites for hydroxylation is 1. The van der Waals surface area contributed by atoms with Crippen molar-refractivity contribution >= 4 is 29.2 Å². The molecule has 32 heavy (non-hydrogen) atoms. The quantitative estimate of drug-likeness (QED) is 0.593. The molecule has 1 amide bonds. The molecule has 9 heteroatoms. The maximum Gasteiger partial charge on any atom is 0.341 e. The van der Waals surface area contributed by atoms with Crippen molar-refractivity contribution in [3.8, 4) is 11.6 Å². The smallest absolute Gasteiger partial charge is 0.341 e. The number of ether oxygens (including phenoxy) is 2. The number of nitrogens with one attached hydrogen (secondary N) is 1. The first-order chi connectivity index (χ1) is 15.4. The number of benzene rings is 2. The van der Waals surface area contributed by atoms with Crippen molar-refractivity contribution in [2.75, 3.05) is 11.9 Å². The van der Waals surface area contributed by atoms with Crippen LogP contribution in [0.15, 0.2) is 60.0 Å². The number of anilines is 1. The van der Waals surface area contributed by atoms with Crippen LogP contribution in [0.1, 0.15) is 23.7 Å². The van der Waals surface area contributed by atoms with Gasteiger partial charge in [0.15, 0.2) is 0 Å². The van der Waals surface area contributed by atoms with Gasteiger partial charge in [-0.1, -0.05) is 29.8 Å². The number of para-hydroxylation sites is 1. The van der Waals surface area contributed by atoms with Crippen LogP contribution in [0.5, 0.6) is 5.88 Å². The normalized spacial score (nSPS) is 18.8. The van der Waals surface area contributed by atoms with Crippen LogP contribution >= 0.6 is 11.6 Å². The molecule has 3 heterocycles. The zero-order valence-electron chi connectivity index (χ0n) is 17.3. The minimum Gasteiger partial charge on any atom is -0.462 e. The lowest BCUT2D eigenvalue weighted by atomic mass is 9.68. The molecule has 2 aliphatic rings. The largest absolute Gasteiger partial charge is 0.462 e. The zero-order chi connectivity index (χ0) is 22.6. The molecule has 8 nitrogen and oxygen atoms in total. The third-order valence-corrected chi connectivity index (χ3v) is 5.91. The fourth-order valence-electron chi connectivity index (χ4n) is 4.47. The molecule has 0 saturated carbocycles. The fourth-order valence-corrected chi connectivity index (χ4v) is 4.64. The van der Waals surface area contributed by atoms with E-state index >= 15 is 0 Å². The number of hydrogen-bond acceptors (Lipinski definition) is 6. The molecule has 1 aromatic heterocycles. The molecule has 0 unspecified atom stereocenters. The maximum absolute atomic E-state index is 13.7. The zero-order valence-corrected chi connectivity index (χ0v) is 18.1. The lowest BCUT2D eigenvalue weighted by Crippen LogP contribution is -2.46. The van der Waals surface area contributed by atoms with E-state index in [1.165, 1.54) is 0 Å². The molecule has 1 spiro atoms. The van der Waals surface area contributed by atoms with Crippen LogP contribution in [0.25, 0.3) is 5.69 Å². The van der Waals surface area contributed by atoms with E-state index in [-0.39, 0.29) is 23.9 Å². The average Bonchev–Trinajstić information content (AvgIpc) is 3.24. The number of amides is 1. The highest BCUT2D eigenvalue weighted by molar-refractivity contribution is 6.31.